The van der Waals surface area contributed by atoms with E-state index in [-0.39, 0.29) is 0 Å². The van der Waals surface area contributed by atoms with Gasteiger partial charge >= 0.3 is 8.56 Å². The fourth-order valence-electron chi connectivity index (χ4n) is 0.808. The van der Waals surface area contributed by atoms with Crippen LogP contribution in [0.3, 0.4) is 0 Å². The van der Waals surface area contributed by atoms with Gasteiger partial charge in [0.2, 0.25) is 0 Å². The van der Waals surface area contributed by atoms with E-state index >= 15 is 0 Å². The summed E-state index contributed by atoms with van der Waals surface area (Å²) in [5, 5.41) is 0. The van der Waals surface area contributed by atoms with E-state index in [4.69, 9.17) is 32.1 Å². The molecule has 0 fully saturated rings. The number of rotatable bonds is 8. The molecule has 13 heavy (non-hydrogen) atoms. The van der Waals surface area contributed by atoms with Gasteiger partial charge in [-0.15, -0.1) is 23.2 Å². The molecule has 0 heterocycles. The molecule has 5 heteroatoms. The van der Waals surface area contributed by atoms with Crippen molar-refractivity contribution >= 4 is 31.8 Å². The summed E-state index contributed by atoms with van der Waals surface area (Å²) in [6, 6.07) is 0. The molecule has 0 rings (SSSR count). The van der Waals surface area contributed by atoms with Crippen molar-refractivity contribution in [2.24, 2.45) is 0 Å². The summed E-state index contributed by atoms with van der Waals surface area (Å²) in [6.07, 6.45) is 1.94. The molecular weight excluding hydrogens is 227 g/mol. The van der Waals surface area contributed by atoms with E-state index in [2.05, 4.69) is 13.8 Å². The second kappa shape index (κ2) is 8.06. The molecule has 0 saturated carbocycles. The molecule has 0 N–H and O–H groups in total. The number of alkyl halides is 2. The van der Waals surface area contributed by atoms with E-state index in [0.29, 0.717) is 24.2 Å². The van der Waals surface area contributed by atoms with Gasteiger partial charge in [0.25, 0.3) is 0 Å². The SMILES string of the molecule is CCCO[Si](CCl)(CCl)OCCC. The van der Waals surface area contributed by atoms with Crippen LogP contribution >= 0.6 is 23.2 Å². The summed E-state index contributed by atoms with van der Waals surface area (Å²) in [5.74, 6) is 0. The Labute approximate surface area is 91.8 Å². The zero-order valence-electron chi connectivity index (χ0n) is 8.32. The van der Waals surface area contributed by atoms with Crippen LogP contribution in [0, 0.1) is 0 Å². The Hall–Kier alpha value is 0.717. The molecule has 0 aromatic rings. The van der Waals surface area contributed by atoms with Crippen LogP contribution in [0.5, 0.6) is 0 Å². The maximum absolute atomic E-state index is 5.82. The van der Waals surface area contributed by atoms with Crippen LogP contribution in [0.25, 0.3) is 0 Å². The van der Waals surface area contributed by atoms with E-state index in [1.54, 1.807) is 0 Å². The van der Waals surface area contributed by atoms with Gasteiger partial charge in [0.15, 0.2) is 0 Å². The van der Waals surface area contributed by atoms with E-state index in [0.717, 1.165) is 12.8 Å². The van der Waals surface area contributed by atoms with Crippen LogP contribution in [0.2, 0.25) is 0 Å². The van der Waals surface area contributed by atoms with Crippen molar-refractivity contribution in [3.8, 4) is 0 Å². The lowest BCUT2D eigenvalue weighted by Crippen LogP contribution is -2.48. The van der Waals surface area contributed by atoms with Crippen molar-refractivity contribution in [1.82, 2.24) is 0 Å². The van der Waals surface area contributed by atoms with Gasteiger partial charge in [-0.1, -0.05) is 13.8 Å². The monoisotopic (exact) mass is 244 g/mol. The van der Waals surface area contributed by atoms with E-state index < -0.39 is 8.56 Å². The molecule has 0 aromatic carbocycles. The summed E-state index contributed by atoms with van der Waals surface area (Å²) >= 11 is 11.6. The van der Waals surface area contributed by atoms with Crippen molar-refractivity contribution < 1.29 is 8.85 Å². The maximum Gasteiger partial charge on any atom is 0.368 e. The summed E-state index contributed by atoms with van der Waals surface area (Å²) in [5.41, 5.74) is 0.826. The molecule has 0 aliphatic carbocycles. The first-order valence-electron chi connectivity index (χ1n) is 4.64. The van der Waals surface area contributed by atoms with Crippen LogP contribution in [-0.4, -0.2) is 32.8 Å². The van der Waals surface area contributed by atoms with Gasteiger partial charge in [0.1, 0.15) is 0 Å². The van der Waals surface area contributed by atoms with Gasteiger partial charge in [-0.2, -0.15) is 0 Å². The molecule has 0 aromatic heterocycles. The van der Waals surface area contributed by atoms with E-state index in [9.17, 15) is 0 Å². The summed E-state index contributed by atoms with van der Waals surface area (Å²) < 4.78 is 11.3. The minimum Gasteiger partial charge on any atom is -0.393 e. The lowest BCUT2D eigenvalue weighted by Gasteiger charge is -2.26. The fourth-order valence-corrected chi connectivity index (χ4v) is 4.21. The lowest BCUT2D eigenvalue weighted by atomic mass is 10.5. The minimum atomic E-state index is -2.25. The number of halogens is 2. The first-order valence-corrected chi connectivity index (χ1v) is 7.94. The Balaban J connectivity index is 3.97. The summed E-state index contributed by atoms with van der Waals surface area (Å²) in [6.45, 7) is 5.49. The van der Waals surface area contributed by atoms with Gasteiger partial charge < -0.3 is 8.85 Å². The Morgan fingerprint density at radius 1 is 0.923 bits per heavy atom. The molecule has 0 amide bonds. The first kappa shape index (κ1) is 13.7. The molecule has 0 aliphatic heterocycles. The predicted octanol–water partition coefficient (Wildman–Crippen LogP) is 2.84. The lowest BCUT2D eigenvalue weighted by molar-refractivity contribution is 0.177. The normalized spacial score (nSPS) is 12.0. The van der Waals surface area contributed by atoms with Gasteiger partial charge in [-0.25, -0.2) is 0 Å². The van der Waals surface area contributed by atoms with Crippen LogP contribution in [0.4, 0.5) is 0 Å². The zero-order chi connectivity index (χ0) is 10.2. The highest BCUT2D eigenvalue weighted by Crippen LogP contribution is 2.13. The molecule has 0 spiro atoms. The second-order valence-corrected chi connectivity index (χ2v) is 7.41. The Morgan fingerprint density at radius 3 is 1.54 bits per heavy atom. The largest absolute Gasteiger partial charge is 0.393 e. The highest BCUT2D eigenvalue weighted by atomic mass is 35.5. The van der Waals surface area contributed by atoms with Crippen LogP contribution < -0.4 is 0 Å². The van der Waals surface area contributed by atoms with Gasteiger partial charge in [-0.3, -0.25) is 0 Å². The van der Waals surface area contributed by atoms with Gasteiger partial charge in [0.05, 0.1) is 11.0 Å². The molecule has 0 saturated heterocycles. The Kier molecular flexibility index (Phi) is 8.51. The maximum atomic E-state index is 5.82. The van der Waals surface area contributed by atoms with E-state index in [1.165, 1.54) is 0 Å². The quantitative estimate of drug-likeness (QED) is 0.483. The topological polar surface area (TPSA) is 18.5 Å². The molecule has 0 atom stereocenters. The van der Waals surface area contributed by atoms with Crippen molar-refractivity contribution in [2.45, 2.75) is 26.7 Å². The number of hydrogen-bond acceptors (Lipinski definition) is 2. The van der Waals surface area contributed by atoms with Crippen LogP contribution in [-0.2, 0) is 8.85 Å². The third-order valence-corrected chi connectivity index (χ3v) is 6.26. The van der Waals surface area contributed by atoms with Crippen molar-refractivity contribution in [1.29, 1.82) is 0 Å². The highest BCUT2D eigenvalue weighted by Gasteiger charge is 2.35. The average Bonchev–Trinajstić information content (AvgIpc) is 2.20. The highest BCUT2D eigenvalue weighted by molar-refractivity contribution is 6.80. The van der Waals surface area contributed by atoms with Crippen molar-refractivity contribution in [3.05, 3.63) is 0 Å². The molecule has 0 aliphatic rings. The van der Waals surface area contributed by atoms with E-state index in [1.807, 2.05) is 0 Å². The third-order valence-electron chi connectivity index (χ3n) is 1.55. The molecule has 0 radical (unpaired) electrons. The fraction of sp³-hybridized carbons (Fsp3) is 1.00. The Morgan fingerprint density at radius 2 is 1.31 bits per heavy atom. The standard InChI is InChI=1S/C8H18Cl2O2Si/c1-3-5-11-13(7-9,8-10)12-6-4-2/h3-8H2,1-2H3. The third kappa shape index (κ3) is 5.23. The van der Waals surface area contributed by atoms with Crippen molar-refractivity contribution in [2.75, 3.05) is 24.2 Å². The Bertz CT molecular complexity index is 111. The smallest absolute Gasteiger partial charge is 0.368 e. The summed E-state index contributed by atoms with van der Waals surface area (Å²) in [4.78, 5) is 0. The molecule has 0 bridgehead atoms. The first-order chi connectivity index (χ1) is 6.24. The van der Waals surface area contributed by atoms with Crippen LogP contribution in [0.1, 0.15) is 26.7 Å². The van der Waals surface area contributed by atoms with Crippen molar-refractivity contribution in [3.63, 3.8) is 0 Å². The molecule has 80 valence electrons. The molecule has 2 nitrogen and oxygen atoms in total. The molecular formula is C8H18Cl2O2Si. The van der Waals surface area contributed by atoms with Crippen LogP contribution in [0.15, 0.2) is 0 Å². The minimum absolute atomic E-state index is 0.413. The zero-order valence-corrected chi connectivity index (χ0v) is 10.8. The average molecular weight is 245 g/mol. The molecule has 0 unspecified atom stereocenters. The second-order valence-electron chi connectivity index (χ2n) is 2.87. The summed E-state index contributed by atoms with van der Waals surface area (Å²) in [7, 11) is -2.25. The predicted molar refractivity (Wildman–Crippen MR) is 59.7 cm³/mol. The van der Waals surface area contributed by atoms with Gasteiger partial charge in [-0.05, 0) is 12.8 Å². The number of hydrogen-bond donors (Lipinski definition) is 0. The van der Waals surface area contributed by atoms with Gasteiger partial charge in [0, 0.05) is 13.2 Å².